The van der Waals surface area contributed by atoms with E-state index in [1.165, 1.54) is 12.1 Å². The van der Waals surface area contributed by atoms with E-state index in [2.05, 4.69) is 10.3 Å². The second-order valence-corrected chi connectivity index (χ2v) is 10.1. The summed E-state index contributed by atoms with van der Waals surface area (Å²) < 4.78 is 30.6. The molecule has 10 heteroatoms. The molecule has 4 aromatic rings. The zero-order valence-corrected chi connectivity index (χ0v) is 23.2. The first-order valence-electron chi connectivity index (χ1n) is 13.5. The van der Waals surface area contributed by atoms with E-state index in [1.807, 2.05) is 36.1 Å². The number of hydrogen-bond acceptors (Lipinski definition) is 7. The van der Waals surface area contributed by atoms with Crippen LogP contribution in [-0.2, 0) is 4.74 Å². The standard InChI is InChI=1S/C32H29FN4O5/c1-20-28(21-3-5-22(6-4-21)32(39)36(2)26-7-8-29-30(17-26)42-19-41-29)16-25(18-34-20)35-31(38)23-13-24(33)15-27(14-23)37-9-11-40-12-10-37/h3-8,13-18H,9-12,19H2,1-2H3,(H,35,38). The summed E-state index contributed by atoms with van der Waals surface area (Å²) >= 11 is 0. The molecule has 6 rings (SSSR count). The predicted octanol–water partition coefficient (Wildman–Crippen LogP) is 5.29. The van der Waals surface area contributed by atoms with Crippen LogP contribution >= 0.6 is 0 Å². The number of nitrogens with zero attached hydrogens (tertiary/aromatic N) is 3. The summed E-state index contributed by atoms with van der Waals surface area (Å²) in [6.45, 7) is 4.42. The molecular formula is C32H29FN4O5. The highest BCUT2D eigenvalue weighted by Crippen LogP contribution is 2.35. The number of carbonyl (C=O) groups is 2. The lowest BCUT2D eigenvalue weighted by molar-refractivity contribution is 0.0991. The first-order valence-corrected chi connectivity index (χ1v) is 13.5. The molecule has 3 aromatic carbocycles. The van der Waals surface area contributed by atoms with Gasteiger partial charge in [-0.1, -0.05) is 12.1 Å². The van der Waals surface area contributed by atoms with Crippen molar-refractivity contribution < 1.29 is 28.2 Å². The molecule has 0 atom stereocenters. The Kier molecular flexibility index (Phi) is 7.45. The van der Waals surface area contributed by atoms with Gasteiger partial charge in [0, 0.05) is 60.0 Å². The molecule has 1 aromatic heterocycles. The third kappa shape index (κ3) is 5.61. The van der Waals surface area contributed by atoms with Gasteiger partial charge in [-0.3, -0.25) is 14.6 Å². The van der Waals surface area contributed by atoms with Gasteiger partial charge >= 0.3 is 0 Å². The van der Waals surface area contributed by atoms with Crippen molar-refractivity contribution in [2.75, 3.05) is 55.3 Å². The first kappa shape index (κ1) is 27.2. The van der Waals surface area contributed by atoms with Crippen LogP contribution in [0.15, 0.2) is 72.9 Å². The van der Waals surface area contributed by atoms with Gasteiger partial charge in [0.05, 0.1) is 25.1 Å². The summed E-state index contributed by atoms with van der Waals surface area (Å²) in [6.07, 6.45) is 1.57. The largest absolute Gasteiger partial charge is 0.454 e. The molecule has 0 radical (unpaired) electrons. The molecule has 2 amide bonds. The molecule has 0 unspecified atom stereocenters. The molecule has 42 heavy (non-hydrogen) atoms. The molecule has 1 saturated heterocycles. The van der Waals surface area contributed by atoms with Crippen molar-refractivity contribution in [3.05, 3.63) is 95.6 Å². The molecule has 214 valence electrons. The molecular weight excluding hydrogens is 539 g/mol. The number of halogens is 1. The molecule has 0 aliphatic carbocycles. The van der Waals surface area contributed by atoms with Crippen molar-refractivity contribution in [2.24, 2.45) is 0 Å². The topological polar surface area (TPSA) is 93.2 Å². The van der Waals surface area contributed by atoms with Crippen LogP contribution in [0.3, 0.4) is 0 Å². The molecule has 2 aliphatic heterocycles. The summed E-state index contributed by atoms with van der Waals surface area (Å²) in [6, 6.07) is 18.7. The molecule has 0 bridgehead atoms. The zero-order valence-electron chi connectivity index (χ0n) is 23.2. The Bertz CT molecular complexity index is 1650. The number of nitrogens with one attached hydrogen (secondary N) is 1. The van der Waals surface area contributed by atoms with Gasteiger partial charge in [-0.25, -0.2) is 4.39 Å². The van der Waals surface area contributed by atoms with E-state index in [4.69, 9.17) is 14.2 Å². The summed E-state index contributed by atoms with van der Waals surface area (Å²) in [5.74, 6) is 0.161. The Morgan fingerprint density at radius 3 is 2.48 bits per heavy atom. The minimum atomic E-state index is -0.481. The third-order valence-electron chi connectivity index (χ3n) is 7.36. The van der Waals surface area contributed by atoms with Gasteiger partial charge in [0.2, 0.25) is 6.79 Å². The van der Waals surface area contributed by atoms with E-state index in [1.54, 1.807) is 48.5 Å². The van der Waals surface area contributed by atoms with E-state index in [9.17, 15) is 14.0 Å². The number of rotatable bonds is 6. The number of aryl methyl sites for hydroxylation is 1. The maximum absolute atomic E-state index is 14.4. The lowest BCUT2D eigenvalue weighted by atomic mass is 10.0. The maximum atomic E-state index is 14.4. The van der Waals surface area contributed by atoms with Gasteiger partial charge in [0.1, 0.15) is 5.82 Å². The number of amides is 2. The van der Waals surface area contributed by atoms with Crippen LogP contribution in [0.4, 0.5) is 21.5 Å². The molecule has 0 saturated carbocycles. The fourth-order valence-corrected chi connectivity index (χ4v) is 5.00. The van der Waals surface area contributed by atoms with Crippen LogP contribution < -0.4 is 24.6 Å². The second-order valence-electron chi connectivity index (χ2n) is 10.1. The molecule has 1 fully saturated rings. The minimum Gasteiger partial charge on any atom is -0.454 e. The van der Waals surface area contributed by atoms with Gasteiger partial charge in [-0.05, 0) is 61.0 Å². The average Bonchev–Trinajstić information content (AvgIpc) is 3.50. The molecule has 0 spiro atoms. The van der Waals surface area contributed by atoms with Gasteiger partial charge in [-0.15, -0.1) is 0 Å². The Hall–Kier alpha value is -4.96. The van der Waals surface area contributed by atoms with E-state index in [0.29, 0.717) is 60.4 Å². The lowest BCUT2D eigenvalue weighted by Crippen LogP contribution is -2.36. The number of morpholine rings is 1. The normalized spacial score (nSPS) is 14.0. The van der Waals surface area contributed by atoms with E-state index >= 15 is 0 Å². The number of pyridine rings is 1. The van der Waals surface area contributed by atoms with E-state index in [0.717, 1.165) is 16.8 Å². The Balaban J connectivity index is 1.18. The fraction of sp³-hybridized carbons (Fsp3) is 0.219. The SMILES string of the molecule is Cc1ncc(NC(=O)c2cc(F)cc(N3CCOCC3)c2)cc1-c1ccc(C(=O)N(C)c2ccc3c(c2)OCO3)cc1. The monoisotopic (exact) mass is 568 g/mol. The van der Waals surface area contributed by atoms with Crippen LogP contribution in [0.25, 0.3) is 11.1 Å². The molecule has 3 heterocycles. The van der Waals surface area contributed by atoms with E-state index < -0.39 is 11.7 Å². The zero-order chi connectivity index (χ0) is 29.2. The molecule has 2 aliphatic rings. The van der Waals surface area contributed by atoms with E-state index in [-0.39, 0.29) is 18.3 Å². The Morgan fingerprint density at radius 1 is 0.929 bits per heavy atom. The van der Waals surface area contributed by atoms with Crippen molar-refractivity contribution in [2.45, 2.75) is 6.92 Å². The van der Waals surface area contributed by atoms with Gasteiger partial charge in [0.25, 0.3) is 11.8 Å². The smallest absolute Gasteiger partial charge is 0.258 e. The van der Waals surface area contributed by atoms with Crippen molar-refractivity contribution in [1.29, 1.82) is 0 Å². The highest BCUT2D eigenvalue weighted by molar-refractivity contribution is 6.06. The van der Waals surface area contributed by atoms with Gasteiger partial charge in [-0.2, -0.15) is 0 Å². The van der Waals surface area contributed by atoms with Crippen LogP contribution in [0.1, 0.15) is 26.4 Å². The summed E-state index contributed by atoms with van der Waals surface area (Å²) in [7, 11) is 1.70. The minimum absolute atomic E-state index is 0.164. The number of hydrogen-bond donors (Lipinski definition) is 1. The predicted molar refractivity (Wildman–Crippen MR) is 157 cm³/mol. The third-order valence-corrected chi connectivity index (χ3v) is 7.36. The first-order chi connectivity index (χ1) is 20.4. The average molecular weight is 569 g/mol. The maximum Gasteiger partial charge on any atom is 0.258 e. The Morgan fingerprint density at radius 2 is 1.69 bits per heavy atom. The number of fused-ring (bicyclic) bond motifs is 1. The number of aromatic nitrogens is 1. The number of ether oxygens (including phenoxy) is 3. The van der Waals surface area contributed by atoms with Crippen LogP contribution in [-0.4, -0.2) is 56.9 Å². The molecule has 9 nitrogen and oxygen atoms in total. The highest BCUT2D eigenvalue weighted by atomic mass is 19.1. The fourth-order valence-electron chi connectivity index (χ4n) is 5.00. The summed E-state index contributed by atoms with van der Waals surface area (Å²) in [4.78, 5) is 34.3. The number of anilines is 3. The highest BCUT2D eigenvalue weighted by Gasteiger charge is 2.20. The van der Waals surface area contributed by atoms with Crippen molar-refractivity contribution in [1.82, 2.24) is 4.98 Å². The van der Waals surface area contributed by atoms with Crippen molar-refractivity contribution in [3.63, 3.8) is 0 Å². The van der Waals surface area contributed by atoms with Crippen molar-refractivity contribution in [3.8, 4) is 22.6 Å². The summed E-state index contributed by atoms with van der Waals surface area (Å²) in [5, 5.41) is 2.84. The second kappa shape index (κ2) is 11.5. The number of benzene rings is 3. The lowest BCUT2D eigenvalue weighted by Gasteiger charge is -2.29. The van der Waals surface area contributed by atoms with Crippen LogP contribution in [0, 0.1) is 12.7 Å². The molecule has 1 N–H and O–H groups in total. The number of carbonyl (C=O) groups excluding carboxylic acids is 2. The van der Waals surface area contributed by atoms with Crippen molar-refractivity contribution >= 4 is 28.9 Å². The Labute approximate surface area is 242 Å². The quantitative estimate of drug-likeness (QED) is 0.338. The van der Waals surface area contributed by atoms with Gasteiger partial charge < -0.3 is 29.3 Å². The summed E-state index contributed by atoms with van der Waals surface area (Å²) in [5.41, 5.74) is 4.91. The van der Waals surface area contributed by atoms with Crippen LogP contribution in [0.2, 0.25) is 0 Å². The van der Waals surface area contributed by atoms with Crippen LogP contribution in [0.5, 0.6) is 11.5 Å². The van der Waals surface area contributed by atoms with Gasteiger partial charge in [0.15, 0.2) is 11.5 Å².